The lowest BCUT2D eigenvalue weighted by Crippen LogP contribution is -2.41. The van der Waals surface area contributed by atoms with Gasteiger partial charge in [0.05, 0.1) is 17.7 Å². The first-order chi connectivity index (χ1) is 13.8. The highest BCUT2D eigenvalue weighted by Gasteiger charge is 2.32. The molecule has 11 heteroatoms. The Morgan fingerprint density at radius 1 is 1.28 bits per heavy atom. The molecule has 1 aromatic carbocycles. The highest BCUT2D eigenvalue weighted by molar-refractivity contribution is 7.89. The first kappa shape index (κ1) is 21.2. The predicted octanol–water partition coefficient (Wildman–Crippen LogP) is 1.68. The van der Waals surface area contributed by atoms with Crippen LogP contribution in [0, 0.1) is 5.92 Å². The average Bonchev–Trinajstić information content (AvgIpc) is 3.17. The number of aromatic nitrogens is 1. The first-order valence-corrected chi connectivity index (χ1v) is 11.4. The van der Waals surface area contributed by atoms with Crippen LogP contribution in [0.25, 0.3) is 0 Å². The normalized spacial score (nSPS) is 15.8. The Morgan fingerprint density at radius 2 is 1.93 bits per heavy atom. The highest BCUT2D eigenvalue weighted by atomic mass is 32.2. The van der Waals surface area contributed by atoms with Crippen molar-refractivity contribution in [2.45, 2.75) is 24.7 Å². The lowest BCUT2D eigenvalue weighted by atomic mass is 9.97. The molecule has 2 heterocycles. The van der Waals surface area contributed by atoms with E-state index in [1.54, 1.807) is 12.1 Å². The van der Waals surface area contributed by atoms with E-state index in [0.717, 1.165) is 11.3 Å². The molecule has 0 spiro atoms. The van der Waals surface area contributed by atoms with Gasteiger partial charge in [-0.25, -0.2) is 13.4 Å². The first-order valence-electron chi connectivity index (χ1n) is 9.10. The van der Waals surface area contributed by atoms with Crippen molar-refractivity contribution >= 4 is 38.3 Å². The maximum absolute atomic E-state index is 12.8. The predicted molar refractivity (Wildman–Crippen MR) is 108 cm³/mol. The number of carbonyl (C=O) groups excluding carboxylic acids is 2. The molecule has 0 atom stereocenters. The Morgan fingerprint density at radius 3 is 2.48 bits per heavy atom. The van der Waals surface area contributed by atoms with E-state index < -0.39 is 15.9 Å². The third-order valence-corrected chi connectivity index (χ3v) is 7.42. The molecule has 0 unspecified atom stereocenters. The number of nitrogens with two attached hydrogens (primary N) is 1. The molecule has 29 heavy (non-hydrogen) atoms. The van der Waals surface area contributed by atoms with E-state index in [-0.39, 0.29) is 34.7 Å². The second-order valence-electron chi connectivity index (χ2n) is 6.47. The van der Waals surface area contributed by atoms with E-state index in [4.69, 9.17) is 10.5 Å². The van der Waals surface area contributed by atoms with Crippen molar-refractivity contribution in [2.75, 3.05) is 25.0 Å². The number of nitrogens with one attached hydrogen (secondary N) is 1. The van der Waals surface area contributed by atoms with E-state index in [9.17, 15) is 18.0 Å². The molecule has 1 aliphatic rings. The Kier molecular flexibility index (Phi) is 6.50. The van der Waals surface area contributed by atoms with Crippen molar-refractivity contribution < 1.29 is 22.7 Å². The molecule has 0 radical (unpaired) electrons. The van der Waals surface area contributed by atoms with Crippen molar-refractivity contribution in [3.63, 3.8) is 0 Å². The van der Waals surface area contributed by atoms with Crippen LogP contribution in [0.4, 0.5) is 5.13 Å². The van der Waals surface area contributed by atoms with Gasteiger partial charge in [0.1, 0.15) is 10.6 Å². The van der Waals surface area contributed by atoms with Gasteiger partial charge in [0, 0.05) is 19.0 Å². The number of anilines is 1. The molecule has 0 aliphatic carbocycles. The lowest BCUT2D eigenvalue weighted by Gasteiger charge is -2.30. The quantitative estimate of drug-likeness (QED) is 0.676. The molecule has 1 fully saturated rings. The number of hydrogen-bond donors (Lipinski definition) is 2. The van der Waals surface area contributed by atoms with Crippen LogP contribution in [0.1, 0.15) is 29.4 Å². The van der Waals surface area contributed by atoms with Gasteiger partial charge in [-0.3, -0.25) is 9.59 Å². The summed E-state index contributed by atoms with van der Waals surface area (Å²) in [6.07, 6.45) is 2.11. The number of thiazole rings is 1. The average molecular weight is 439 g/mol. The number of rotatable bonds is 7. The van der Waals surface area contributed by atoms with Gasteiger partial charge in [-0.2, -0.15) is 4.31 Å². The van der Waals surface area contributed by atoms with E-state index in [0.29, 0.717) is 30.3 Å². The summed E-state index contributed by atoms with van der Waals surface area (Å²) in [6.45, 7) is 2.86. The number of piperidine rings is 1. The molecule has 1 aromatic heterocycles. The monoisotopic (exact) mass is 438 g/mol. The third kappa shape index (κ3) is 4.92. The van der Waals surface area contributed by atoms with E-state index >= 15 is 0 Å². The van der Waals surface area contributed by atoms with Crippen LogP contribution in [-0.2, 0) is 14.8 Å². The summed E-state index contributed by atoms with van der Waals surface area (Å²) in [5.74, 6) is -0.560. The van der Waals surface area contributed by atoms with Gasteiger partial charge >= 0.3 is 0 Å². The van der Waals surface area contributed by atoms with Crippen LogP contribution in [0.5, 0.6) is 5.75 Å². The van der Waals surface area contributed by atoms with E-state index in [1.165, 1.54) is 22.6 Å². The zero-order valence-corrected chi connectivity index (χ0v) is 17.5. The van der Waals surface area contributed by atoms with Gasteiger partial charge in [-0.15, -0.1) is 0 Å². The number of carbonyl (C=O) groups is 2. The maximum atomic E-state index is 12.8. The second kappa shape index (κ2) is 8.89. The summed E-state index contributed by atoms with van der Waals surface area (Å²) < 4.78 is 32.4. The molecule has 9 nitrogen and oxygen atoms in total. The SMILES string of the molecule is CCOc1ccc(S(=O)(=O)N2CCC(C(=O)Nc3ncc(C(N)=O)s3)CC2)cc1. The van der Waals surface area contributed by atoms with Gasteiger partial charge < -0.3 is 15.8 Å². The molecule has 3 N–H and O–H groups in total. The maximum Gasteiger partial charge on any atom is 0.260 e. The van der Waals surface area contributed by atoms with Gasteiger partial charge in [0.25, 0.3) is 5.91 Å². The fourth-order valence-electron chi connectivity index (χ4n) is 3.04. The van der Waals surface area contributed by atoms with Crippen LogP contribution in [0.15, 0.2) is 35.4 Å². The molecule has 156 valence electrons. The number of sulfonamides is 1. The van der Waals surface area contributed by atoms with Crippen LogP contribution in [0.3, 0.4) is 0 Å². The van der Waals surface area contributed by atoms with Crippen molar-refractivity contribution in [2.24, 2.45) is 11.7 Å². The minimum atomic E-state index is -3.62. The highest BCUT2D eigenvalue weighted by Crippen LogP contribution is 2.26. The number of nitrogens with zero attached hydrogens (tertiary/aromatic N) is 2. The zero-order valence-electron chi connectivity index (χ0n) is 15.8. The van der Waals surface area contributed by atoms with Crippen molar-refractivity contribution in [1.29, 1.82) is 0 Å². The number of benzene rings is 1. The number of primary amides is 1. The fraction of sp³-hybridized carbons (Fsp3) is 0.389. The standard InChI is InChI=1S/C18H22N4O5S2/c1-2-27-13-3-5-14(6-4-13)29(25,26)22-9-7-12(8-10-22)17(24)21-18-20-11-15(28-18)16(19)23/h3-6,11-12H,2,7-10H2,1H3,(H2,19,23)(H,20,21,24). The number of hydrogen-bond acceptors (Lipinski definition) is 7. The molecule has 0 bridgehead atoms. The van der Waals surface area contributed by atoms with Crippen molar-refractivity contribution in [1.82, 2.24) is 9.29 Å². The van der Waals surface area contributed by atoms with E-state index in [2.05, 4.69) is 10.3 Å². The number of ether oxygens (including phenoxy) is 1. The van der Waals surface area contributed by atoms with Crippen LogP contribution < -0.4 is 15.8 Å². The van der Waals surface area contributed by atoms with Gasteiger partial charge in [-0.1, -0.05) is 11.3 Å². The molecule has 1 saturated heterocycles. The Labute approximate surface area is 172 Å². The van der Waals surface area contributed by atoms with Gasteiger partial charge in [0.15, 0.2) is 5.13 Å². The molecule has 2 aromatic rings. The molecule has 1 aliphatic heterocycles. The minimum absolute atomic E-state index is 0.200. The van der Waals surface area contributed by atoms with Crippen molar-refractivity contribution in [3.05, 3.63) is 35.3 Å². The molecular formula is C18H22N4O5S2. The minimum Gasteiger partial charge on any atom is -0.494 e. The fourth-order valence-corrected chi connectivity index (χ4v) is 5.18. The molecule has 0 saturated carbocycles. The third-order valence-electron chi connectivity index (χ3n) is 4.58. The Hall–Kier alpha value is -2.50. The lowest BCUT2D eigenvalue weighted by molar-refractivity contribution is -0.120. The summed E-state index contributed by atoms with van der Waals surface area (Å²) in [5.41, 5.74) is 5.18. The molecular weight excluding hydrogens is 416 g/mol. The summed E-state index contributed by atoms with van der Waals surface area (Å²) in [4.78, 5) is 28.0. The summed E-state index contributed by atoms with van der Waals surface area (Å²) >= 11 is 1.01. The van der Waals surface area contributed by atoms with Crippen LogP contribution in [-0.4, -0.2) is 49.2 Å². The Balaban J connectivity index is 1.58. The Bertz CT molecular complexity index is 980. The van der Waals surface area contributed by atoms with Gasteiger partial charge in [0.2, 0.25) is 15.9 Å². The topological polar surface area (TPSA) is 132 Å². The second-order valence-corrected chi connectivity index (χ2v) is 9.43. The smallest absolute Gasteiger partial charge is 0.260 e. The van der Waals surface area contributed by atoms with E-state index in [1.807, 2.05) is 6.92 Å². The summed E-state index contributed by atoms with van der Waals surface area (Å²) in [7, 11) is -3.62. The molecule has 3 rings (SSSR count). The summed E-state index contributed by atoms with van der Waals surface area (Å²) in [6, 6.07) is 6.31. The van der Waals surface area contributed by atoms with Gasteiger partial charge in [-0.05, 0) is 44.0 Å². The van der Waals surface area contributed by atoms with Crippen LogP contribution >= 0.6 is 11.3 Å². The zero-order chi connectivity index (χ0) is 21.0. The molecule has 2 amide bonds. The van der Waals surface area contributed by atoms with Crippen LogP contribution in [0.2, 0.25) is 0 Å². The van der Waals surface area contributed by atoms with Crippen molar-refractivity contribution in [3.8, 4) is 5.75 Å². The largest absolute Gasteiger partial charge is 0.494 e. The number of amides is 2. The summed E-state index contributed by atoms with van der Waals surface area (Å²) in [5, 5.41) is 2.97.